The number of ether oxygens (including phenoxy) is 2. The highest BCUT2D eigenvalue weighted by atomic mass is 79.9. The number of hydrogen-bond donors (Lipinski definition) is 0. The third-order valence-corrected chi connectivity index (χ3v) is 4.51. The van der Waals surface area contributed by atoms with Gasteiger partial charge in [-0.25, -0.2) is 0 Å². The van der Waals surface area contributed by atoms with E-state index in [0.717, 1.165) is 15.6 Å². The first-order valence-corrected chi connectivity index (χ1v) is 8.22. The summed E-state index contributed by atoms with van der Waals surface area (Å²) in [5, 5.41) is 0.386. The fourth-order valence-electron chi connectivity index (χ4n) is 2.30. The van der Waals surface area contributed by atoms with Crippen molar-refractivity contribution in [1.29, 1.82) is 0 Å². The molecule has 0 N–H and O–H groups in total. The second kappa shape index (κ2) is 6.47. The van der Waals surface area contributed by atoms with Gasteiger partial charge in [0.05, 0.1) is 5.38 Å². The largest absolute Gasteiger partial charge is 0.486 e. The van der Waals surface area contributed by atoms with Crippen molar-refractivity contribution in [2.24, 2.45) is 0 Å². The average molecular weight is 388 g/mol. The molecule has 2 aromatic rings. The van der Waals surface area contributed by atoms with E-state index in [1.165, 1.54) is 0 Å². The third kappa shape index (κ3) is 3.47. The van der Waals surface area contributed by atoms with Gasteiger partial charge in [-0.3, -0.25) is 0 Å². The van der Waals surface area contributed by atoms with E-state index in [1.54, 1.807) is 6.07 Å². The quantitative estimate of drug-likeness (QED) is 0.656. The molecule has 0 saturated heterocycles. The number of alkyl halides is 1. The summed E-state index contributed by atoms with van der Waals surface area (Å²) >= 11 is 16.3. The van der Waals surface area contributed by atoms with Crippen LogP contribution in [0.4, 0.5) is 0 Å². The highest BCUT2D eigenvalue weighted by Crippen LogP contribution is 2.40. The minimum Gasteiger partial charge on any atom is -0.486 e. The zero-order valence-corrected chi connectivity index (χ0v) is 14.2. The van der Waals surface area contributed by atoms with Crippen LogP contribution in [-0.4, -0.2) is 13.2 Å². The Morgan fingerprint density at radius 2 is 1.81 bits per heavy atom. The van der Waals surface area contributed by atoms with Crippen LogP contribution in [0.25, 0.3) is 0 Å². The third-order valence-electron chi connectivity index (χ3n) is 3.30. The summed E-state index contributed by atoms with van der Waals surface area (Å²) < 4.78 is 12.1. The lowest BCUT2D eigenvalue weighted by Gasteiger charge is -2.21. The van der Waals surface area contributed by atoms with Gasteiger partial charge in [-0.2, -0.15) is 0 Å². The molecule has 0 spiro atoms. The molecule has 1 unspecified atom stereocenters. The Bertz CT molecular complexity index is 661. The second-order valence-corrected chi connectivity index (χ2v) is 6.67. The Kier molecular flexibility index (Phi) is 4.63. The van der Waals surface area contributed by atoms with E-state index in [2.05, 4.69) is 22.0 Å². The van der Waals surface area contributed by atoms with Gasteiger partial charge >= 0.3 is 0 Å². The highest BCUT2D eigenvalue weighted by Gasteiger charge is 2.19. The van der Waals surface area contributed by atoms with Gasteiger partial charge in [0.15, 0.2) is 11.5 Å². The summed E-state index contributed by atoms with van der Waals surface area (Å²) in [6.07, 6.45) is 0.695. The molecule has 2 nitrogen and oxygen atoms in total. The molecule has 2 aromatic carbocycles. The second-order valence-electron chi connectivity index (χ2n) is 4.82. The Balaban J connectivity index is 1.85. The molecule has 0 saturated carbocycles. The standard InChI is InChI=1S/C16H13BrCl2O2/c17-11-3-1-2-10(6-11)7-13(18)12-8-15-16(9-14(12)19)21-5-4-20-15/h1-3,6,8-9,13H,4-5,7H2. The predicted octanol–water partition coefficient (Wildman–Crippen LogP) is 5.40. The fraction of sp³-hybridized carbons (Fsp3) is 0.250. The number of fused-ring (bicyclic) bond motifs is 1. The minimum atomic E-state index is -0.220. The van der Waals surface area contributed by atoms with Crippen LogP contribution in [-0.2, 0) is 6.42 Å². The molecule has 1 aliphatic heterocycles. The summed E-state index contributed by atoms with van der Waals surface area (Å²) in [5.74, 6) is 1.39. The van der Waals surface area contributed by atoms with Gasteiger partial charge in [0.2, 0.25) is 0 Å². The van der Waals surface area contributed by atoms with Crippen LogP contribution >= 0.6 is 39.1 Å². The van der Waals surface area contributed by atoms with Crippen LogP contribution in [0.1, 0.15) is 16.5 Å². The zero-order valence-electron chi connectivity index (χ0n) is 11.1. The van der Waals surface area contributed by atoms with Crippen LogP contribution < -0.4 is 9.47 Å². The molecule has 0 bridgehead atoms. The Morgan fingerprint density at radius 1 is 1.10 bits per heavy atom. The first kappa shape index (κ1) is 15.0. The van der Waals surface area contributed by atoms with E-state index < -0.39 is 0 Å². The molecule has 21 heavy (non-hydrogen) atoms. The van der Waals surface area contributed by atoms with E-state index in [1.807, 2.05) is 24.3 Å². The number of benzene rings is 2. The fourth-order valence-corrected chi connectivity index (χ4v) is 3.45. The first-order chi connectivity index (χ1) is 10.1. The molecule has 1 aliphatic rings. The van der Waals surface area contributed by atoms with Crippen molar-refractivity contribution in [2.75, 3.05) is 13.2 Å². The average Bonchev–Trinajstić information content (AvgIpc) is 2.46. The molecule has 3 rings (SSSR count). The Morgan fingerprint density at radius 3 is 2.52 bits per heavy atom. The van der Waals surface area contributed by atoms with Gasteiger partial charge in [0.1, 0.15) is 13.2 Å². The van der Waals surface area contributed by atoms with Gasteiger partial charge < -0.3 is 9.47 Å². The molecule has 5 heteroatoms. The van der Waals surface area contributed by atoms with Crippen LogP contribution in [0.2, 0.25) is 5.02 Å². The SMILES string of the molecule is Clc1cc2c(cc1C(Cl)Cc1cccc(Br)c1)OCCO2. The van der Waals surface area contributed by atoms with Gasteiger partial charge in [0.25, 0.3) is 0 Å². The molecule has 0 amide bonds. The molecular formula is C16H13BrCl2O2. The molecule has 0 aliphatic carbocycles. The molecule has 1 heterocycles. The lowest BCUT2D eigenvalue weighted by atomic mass is 10.0. The Labute approximate surface area is 142 Å². The number of hydrogen-bond acceptors (Lipinski definition) is 2. The maximum atomic E-state index is 6.54. The van der Waals surface area contributed by atoms with E-state index in [9.17, 15) is 0 Å². The minimum absolute atomic E-state index is 0.220. The van der Waals surface area contributed by atoms with Gasteiger partial charge in [-0.1, -0.05) is 39.7 Å². The normalized spacial score (nSPS) is 14.8. The van der Waals surface area contributed by atoms with Crippen LogP contribution in [0, 0.1) is 0 Å². The summed E-state index contributed by atoms with van der Waals surface area (Å²) in [4.78, 5) is 0. The van der Waals surface area contributed by atoms with E-state index in [-0.39, 0.29) is 5.38 Å². The molecule has 110 valence electrons. The summed E-state index contributed by atoms with van der Waals surface area (Å²) in [7, 11) is 0. The van der Waals surface area contributed by atoms with Crippen LogP contribution in [0.15, 0.2) is 40.9 Å². The first-order valence-electron chi connectivity index (χ1n) is 6.61. The van der Waals surface area contributed by atoms with Gasteiger partial charge in [0, 0.05) is 15.6 Å². The lowest BCUT2D eigenvalue weighted by molar-refractivity contribution is 0.171. The van der Waals surface area contributed by atoms with Crippen molar-refractivity contribution in [3.8, 4) is 11.5 Å². The van der Waals surface area contributed by atoms with Gasteiger partial charge in [-0.05, 0) is 35.7 Å². The molecule has 0 aromatic heterocycles. The Hall–Kier alpha value is -0.900. The topological polar surface area (TPSA) is 18.5 Å². The van der Waals surface area contributed by atoms with E-state index >= 15 is 0 Å². The number of halogens is 3. The van der Waals surface area contributed by atoms with Crippen molar-refractivity contribution < 1.29 is 9.47 Å². The van der Waals surface area contributed by atoms with Crippen LogP contribution in [0.5, 0.6) is 11.5 Å². The van der Waals surface area contributed by atoms with Crippen molar-refractivity contribution in [1.82, 2.24) is 0 Å². The predicted molar refractivity (Wildman–Crippen MR) is 88.9 cm³/mol. The summed E-state index contributed by atoms with van der Waals surface area (Å²) in [5.41, 5.74) is 2.01. The summed E-state index contributed by atoms with van der Waals surface area (Å²) in [6.45, 7) is 1.09. The molecular weight excluding hydrogens is 375 g/mol. The van der Waals surface area contributed by atoms with E-state index in [4.69, 9.17) is 32.7 Å². The maximum Gasteiger partial charge on any atom is 0.162 e. The zero-order chi connectivity index (χ0) is 14.8. The van der Waals surface area contributed by atoms with Crippen molar-refractivity contribution in [3.05, 3.63) is 57.0 Å². The maximum absolute atomic E-state index is 6.54. The smallest absolute Gasteiger partial charge is 0.162 e. The summed E-state index contributed by atoms with van der Waals surface area (Å²) in [6, 6.07) is 11.7. The van der Waals surface area contributed by atoms with Crippen LogP contribution in [0.3, 0.4) is 0 Å². The van der Waals surface area contributed by atoms with Crippen molar-refractivity contribution in [2.45, 2.75) is 11.8 Å². The van der Waals surface area contributed by atoms with Crippen molar-refractivity contribution >= 4 is 39.1 Å². The number of rotatable bonds is 3. The molecule has 0 radical (unpaired) electrons. The lowest BCUT2D eigenvalue weighted by Crippen LogP contribution is -2.15. The van der Waals surface area contributed by atoms with Crippen molar-refractivity contribution in [3.63, 3.8) is 0 Å². The van der Waals surface area contributed by atoms with Gasteiger partial charge in [-0.15, -0.1) is 11.6 Å². The monoisotopic (exact) mass is 386 g/mol. The highest BCUT2D eigenvalue weighted by molar-refractivity contribution is 9.10. The molecule has 1 atom stereocenters. The molecule has 0 fully saturated rings. The van der Waals surface area contributed by atoms with E-state index in [0.29, 0.717) is 36.2 Å².